The predicted octanol–water partition coefficient (Wildman–Crippen LogP) is 3.29. The number of aliphatic hydroxyl groups is 1. The number of carbonyl (C=O) groups is 2. The number of carbonyl (C=O) groups excluding carboxylic acids is 2. The van der Waals surface area contributed by atoms with Crippen LogP contribution in [-0.2, 0) is 9.59 Å². The van der Waals surface area contributed by atoms with E-state index < -0.39 is 18.1 Å². The van der Waals surface area contributed by atoms with Gasteiger partial charge in [0, 0.05) is 12.0 Å². The summed E-state index contributed by atoms with van der Waals surface area (Å²) in [5, 5.41) is 19.5. The lowest BCUT2D eigenvalue weighted by molar-refractivity contribution is -0.133. The maximum absolute atomic E-state index is 12.6. The van der Waals surface area contributed by atoms with E-state index in [0.717, 1.165) is 18.6 Å². The van der Waals surface area contributed by atoms with E-state index in [-0.39, 0.29) is 5.91 Å². The third kappa shape index (κ3) is 4.98. The zero-order valence-corrected chi connectivity index (χ0v) is 16.1. The Bertz CT molecular complexity index is 784. The first kappa shape index (κ1) is 20.1. The van der Waals surface area contributed by atoms with Crippen LogP contribution in [0.3, 0.4) is 0 Å². The Hall–Kier alpha value is -2.67. The highest BCUT2D eigenvalue weighted by Crippen LogP contribution is 2.34. The van der Waals surface area contributed by atoms with E-state index >= 15 is 0 Å². The van der Waals surface area contributed by atoms with Crippen molar-refractivity contribution in [2.24, 2.45) is 0 Å². The highest BCUT2D eigenvalue weighted by molar-refractivity contribution is 5.97. The lowest BCUT2D eigenvalue weighted by Crippen LogP contribution is -2.45. The summed E-state index contributed by atoms with van der Waals surface area (Å²) in [5.74, 6) is 0.535. The largest absolute Gasteiger partial charge is 0.378 e. The second-order valence-electron chi connectivity index (χ2n) is 7.25. The van der Waals surface area contributed by atoms with Crippen molar-refractivity contribution in [1.82, 2.24) is 10.5 Å². The Morgan fingerprint density at radius 1 is 1.21 bits per heavy atom. The van der Waals surface area contributed by atoms with Crippen molar-refractivity contribution in [3.63, 3.8) is 0 Å². The van der Waals surface area contributed by atoms with Crippen LogP contribution in [0.25, 0.3) is 0 Å². The van der Waals surface area contributed by atoms with Gasteiger partial charge >= 0.3 is 0 Å². The molecule has 0 aliphatic heterocycles. The van der Waals surface area contributed by atoms with Crippen molar-refractivity contribution >= 4 is 17.6 Å². The first-order valence-electron chi connectivity index (χ1n) is 9.89. The van der Waals surface area contributed by atoms with Crippen LogP contribution in [0.1, 0.15) is 68.8 Å². The Morgan fingerprint density at radius 2 is 1.93 bits per heavy atom. The van der Waals surface area contributed by atoms with Gasteiger partial charge in [0.25, 0.3) is 5.91 Å². The molecule has 3 rings (SSSR count). The molecular weight excluding hydrogens is 358 g/mol. The number of hydrogen-bond acceptors (Lipinski definition) is 5. The summed E-state index contributed by atoms with van der Waals surface area (Å²) >= 11 is 0. The first-order valence-corrected chi connectivity index (χ1v) is 9.89. The second-order valence-corrected chi connectivity index (χ2v) is 7.25. The Kier molecular flexibility index (Phi) is 6.81. The molecule has 2 atom stereocenters. The molecule has 0 saturated heterocycles. The van der Waals surface area contributed by atoms with Gasteiger partial charge in [-0.25, -0.2) is 0 Å². The van der Waals surface area contributed by atoms with Gasteiger partial charge in [-0.2, -0.15) is 0 Å². The van der Waals surface area contributed by atoms with Crippen LogP contribution < -0.4 is 10.6 Å². The predicted molar refractivity (Wildman–Crippen MR) is 105 cm³/mol. The highest BCUT2D eigenvalue weighted by atomic mass is 16.5. The normalized spacial score (nSPS) is 16.5. The summed E-state index contributed by atoms with van der Waals surface area (Å²) < 4.78 is 5.37. The fourth-order valence-electron chi connectivity index (χ4n) is 3.56. The number of aromatic nitrogens is 1. The minimum absolute atomic E-state index is 0.353. The summed E-state index contributed by atoms with van der Waals surface area (Å²) in [5.41, 5.74) is 0.480. The van der Waals surface area contributed by atoms with E-state index in [4.69, 9.17) is 4.52 Å². The molecule has 2 aromatic rings. The fraction of sp³-hybridized carbons (Fsp3) is 0.476. The van der Waals surface area contributed by atoms with E-state index in [1.807, 2.05) is 6.92 Å². The standard InChI is InChI=1S/C21H27N3O4/c1-2-8-16(22-21(27)19(25)15-11-4-3-5-12-15)20(26)23-18-13-17(28-24-18)14-9-6-7-10-14/h3-5,11-14,16,19,25H,2,6-10H2,1H3,(H,22,27)(H,23,24,26). The van der Waals surface area contributed by atoms with Gasteiger partial charge in [-0.15, -0.1) is 0 Å². The molecule has 150 valence electrons. The average Bonchev–Trinajstić information content (AvgIpc) is 3.39. The molecule has 2 unspecified atom stereocenters. The summed E-state index contributed by atoms with van der Waals surface area (Å²) in [7, 11) is 0. The van der Waals surface area contributed by atoms with Crippen molar-refractivity contribution in [3.05, 3.63) is 47.7 Å². The van der Waals surface area contributed by atoms with Crippen LogP contribution >= 0.6 is 0 Å². The number of rotatable bonds is 8. The van der Waals surface area contributed by atoms with E-state index in [1.54, 1.807) is 36.4 Å². The molecule has 7 nitrogen and oxygen atoms in total. The third-order valence-electron chi connectivity index (χ3n) is 5.11. The second kappa shape index (κ2) is 9.50. The number of anilines is 1. The summed E-state index contributed by atoms with van der Waals surface area (Å²) in [6.07, 6.45) is 4.35. The molecule has 1 aliphatic carbocycles. The van der Waals surface area contributed by atoms with Crippen LogP contribution in [0, 0.1) is 0 Å². The molecule has 2 amide bonds. The molecule has 3 N–H and O–H groups in total. The monoisotopic (exact) mass is 385 g/mol. The smallest absolute Gasteiger partial charge is 0.254 e. The van der Waals surface area contributed by atoms with Crippen molar-refractivity contribution in [2.75, 3.05) is 5.32 Å². The molecule has 1 aromatic carbocycles. The van der Waals surface area contributed by atoms with E-state index in [1.165, 1.54) is 12.8 Å². The number of aliphatic hydroxyl groups excluding tert-OH is 1. The van der Waals surface area contributed by atoms with Crippen molar-refractivity contribution < 1.29 is 19.2 Å². The van der Waals surface area contributed by atoms with Crippen LogP contribution in [0.4, 0.5) is 5.82 Å². The zero-order valence-electron chi connectivity index (χ0n) is 16.1. The molecule has 1 fully saturated rings. The van der Waals surface area contributed by atoms with Crippen LogP contribution in [-0.4, -0.2) is 28.1 Å². The van der Waals surface area contributed by atoms with E-state index in [9.17, 15) is 14.7 Å². The third-order valence-corrected chi connectivity index (χ3v) is 5.11. The van der Waals surface area contributed by atoms with Gasteiger partial charge in [-0.05, 0) is 24.8 Å². The quantitative estimate of drug-likeness (QED) is 0.647. The molecule has 28 heavy (non-hydrogen) atoms. The Morgan fingerprint density at radius 3 is 2.61 bits per heavy atom. The maximum Gasteiger partial charge on any atom is 0.254 e. The van der Waals surface area contributed by atoms with Gasteiger partial charge in [0.05, 0.1) is 0 Å². The lowest BCUT2D eigenvalue weighted by Gasteiger charge is -2.19. The van der Waals surface area contributed by atoms with E-state index in [0.29, 0.717) is 30.1 Å². The van der Waals surface area contributed by atoms with Gasteiger partial charge in [-0.1, -0.05) is 61.7 Å². The molecular formula is C21H27N3O4. The number of nitrogens with zero attached hydrogens (tertiary/aromatic N) is 1. The van der Waals surface area contributed by atoms with Gasteiger partial charge in [0.2, 0.25) is 5.91 Å². The molecule has 1 heterocycles. The number of benzene rings is 1. The van der Waals surface area contributed by atoms with Crippen LogP contribution in [0.2, 0.25) is 0 Å². The van der Waals surface area contributed by atoms with Gasteiger partial charge in [-0.3, -0.25) is 9.59 Å². The fourth-order valence-corrected chi connectivity index (χ4v) is 3.56. The molecule has 0 spiro atoms. The van der Waals surface area contributed by atoms with Gasteiger partial charge in [0.1, 0.15) is 11.8 Å². The van der Waals surface area contributed by atoms with E-state index in [2.05, 4.69) is 15.8 Å². The minimum atomic E-state index is -1.32. The van der Waals surface area contributed by atoms with Crippen LogP contribution in [0.5, 0.6) is 0 Å². The van der Waals surface area contributed by atoms with Crippen LogP contribution in [0.15, 0.2) is 40.9 Å². The Balaban J connectivity index is 1.61. The topological polar surface area (TPSA) is 104 Å². The van der Waals surface area contributed by atoms with Crippen molar-refractivity contribution in [2.45, 2.75) is 63.5 Å². The molecule has 1 aromatic heterocycles. The SMILES string of the molecule is CCCC(NC(=O)C(O)c1ccccc1)C(=O)Nc1cc(C2CCCC2)on1. The first-order chi connectivity index (χ1) is 13.6. The highest BCUT2D eigenvalue weighted by Gasteiger charge is 2.26. The molecule has 0 bridgehead atoms. The van der Waals surface area contributed by atoms with Gasteiger partial charge < -0.3 is 20.3 Å². The molecule has 7 heteroatoms. The molecule has 1 saturated carbocycles. The Labute approximate surface area is 164 Å². The summed E-state index contributed by atoms with van der Waals surface area (Å²) in [6, 6.07) is 9.63. The van der Waals surface area contributed by atoms with Crippen molar-refractivity contribution in [1.29, 1.82) is 0 Å². The maximum atomic E-state index is 12.6. The summed E-state index contributed by atoms with van der Waals surface area (Å²) in [4.78, 5) is 25.0. The molecule has 1 aliphatic rings. The number of hydrogen-bond donors (Lipinski definition) is 3. The number of nitrogens with one attached hydrogen (secondary N) is 2. The zero-order chi connectivity index (χ0) is 19.9. The number of amides is 2. The average molecular weight is 385 g/mol. The minimum Gasteiger partial charge on any atom is -0.378 e. The van der Waals surface area contributed by atoms with Gasteiger partial charge in [0.15, 0.2) is 11.9 Å². The van der Waals surface area contributed by atoms with Crippen molar-refractivity contribution in [3.8, 4) is 0 Å². The summed E-state index contributed by atoms with van der Waals surface area (Å²) in [6.45, 7) is 1.92. The lowest BCUT2D eigenvalue weighted by atomic mass is 10.1. The molecule has 0 radical (unpaired) electrons.